The maximum absolute atomic E-state index is 6.31. The Morgan fingerprint density at radius 3 is 2.31 bits per heavy atom. The minimum Gasteiger partial charge on any atom is -0.323 e. The molecule has 88 valence electrons. The molecule has 2 rings (SSSR count). The van der Waals surface area contributed by atoms with E-state index in [0.717, 1.165) is 4.47 Å². The summed E-state index contributed by atoms with van der Waals surface area (Å²) in [7, 11) is 0. The third-order valence-electron chi connectivity index (χ3n) is 3.49. The van der Waals surface area contributed by atoms with Crippen molar-refractivity contribution < 1.29 is 0 Å². The summed E-state index contributed by atoms with van der Waals surface area (Å²) in [5.41, 5.74) is 7.54. The average molecular weight is 283 g/mol. The monoisotopic (exact) mass is 282 g/mol. The highest BCUT2D eigenvalue weighted by molar-refractivity contribution is 9.10. The summed E-state index contributed by atoms with van der Waals surface area (Å²) in [4.78, 5) is 2.49. The molecule has 0 amide bonds. The van der Waals surface area contributed by atoms with E-state index in [1.54, 1.807) is 0 Å². The number of rotatable bonds is 3. The fourth-order valence-corrected chi connectivity index (χ4v) is 2.60. The zero-order valence-electron chi connectivity index (χ0n) is 9.70. The summed E-state index contributed by atoms with van der Waals surface area (Å²) < 4.78 is 1.11. The molecule has 16 heavy (non-hydrogen) atoms. The molecule has 1 fully saturated rings. The fraction of sp³-hybridized carbons (Fsp3) is 0.538. The maximum atomic E-state index is 6.31. The number of nitrogens with zero attached hydrogens (tertiary/aromatic N) is 1. The van der Waals surface area contributed by atoms with Crippen LogP contribution >= 0.6 is 15.9 Å². The molecule has 1 saturated heterocycles. The minimum absolute atomic E-state index is 0.117. The van der Waals surface area contributed by atoms with Gasteiger partial charge in [-0.05, 0) is 50.6 Å². The van der Waals surface area contributed by atoms with Crippen molar-refractivity contribution in [2.24, 2.45) is 5.73 Å². The highest BCUT2D eigenvalue weighted by Gasteiger charge is 2.23. The first-order valence-electron chi connectivity index (χ1n) is 5.93. The van der Waals surface area contributed by atoms with E-state index in [0.29, 0.717) is 6.04 Å². The van der Waals surface area contributed by atoms with Gasteiger partial charge in [-0.2, -0.15) is 0 Å². The first-order chi connectivity index (χ1) is 7.68. The van der Waals surface area contributed by atoms with E-state index in [9.17, 15) is 0 Å². The van der Waals surface area contributed by atoms with Gasteiger partial charge in [-0.15, -0.1) is 0 Å². The Bertz CT molecular complexity index is 330. The van der Waals surface area contributed by atoms with Gasteiger partial charge in [0.15, 0.2) is 0 Å². The minimum atomic E-state index is 0.117. The normalized spacial score (nSPS) is 20.9. The van der Waals surface area contributed by atoms with Crippen molar-refractivity contribution in [3.63, 3.8) is 0 Å². The second-order valence-corrected chi connectivity index (χ2v) is 5.48. The predicted octanol–water partition coefficient (Wildman–Crippen LogP) is 2.93. The summed E-state index contributed by atoms with van der Waals surface area (Å²) in [6, 6.07) is 8.90. The molecule has 1 aliphatic rings. The summed E-state index contributed by atoms with van der Waals surface area (Å²) in [6.45, 7) is 4.63. The Balaban J connectivity index is 2.05. The zero-order valence-corrected chi connectivity index (χ0v) is 11.3. The number of benzene rings is 1. The molecule has 0 spiro atoms. The lowest BCUT2D eigenvalue weighted by molar-refractivity contribution is 0.227. The highest BCUT2D eigenvalue weighted by atomic mass is 79.9. The van der Waals surface area contributed by atoms with Crippen LogP contribution in [0.1, 0.15) is 31.4 Å². The van der Waals surface area contributed by atoms with Gasteiger partial charge < -0.3 is 5.73 Å². The van der Waals surface area contributed by atoms with Crippen molar-refractivity contribution in [3.05, 3.63) is 34.3 Å². The van der Waals surface area contributed by atoms with Crippen molar-refractivity contribution in [1.82, 2.24) is 4.90 Å². The molecule has 1 aliphatic heterocycles. The molecule has 2 N–H and O–H groups in total. The molecule has 3 heteroatoms. The highest BCUT2D eigenvalue weighted by Crippen LogP contribution is 2.23. The Labute approximate surface area is 106 Å². The third-order valence-corrected chi connectivity index (χ3v) is 4.02. The smallest absolute Gasteiger partial charge is 0.0450 e. The van der Waals surface area contributed by atoms with Gasteiger partial charge in [-0.3, -0.25) is 4.90 Å². The lowest BCUT2D eigenvalue weighted by Crippen LogP contribution is -2.38. The van der Waals surface area contributed by atoms with E-state index in [1.807, 2.05) is 0 Å². The number of hydrogen-bond acceptors (Lipinski definition) is 2. The van der Waals surface area contributed by atoms with Crippen LogP contribution < -0.4 is 5.73 Å². The SMILES string of the molecule is CC(C(N)c1ccc(Br)cc1)N1CCCC1. The molecule has 1 aromatic rings. The van der Waals surface area contributed by atoms with E-state index in [4.69, 9.17) is 5.73 Å². The van der Waals surface area contributed by atoms with Gasteiger partial charge in [0.1, 0.15) is 0 Å². The molecule has 0 bridgehead atoms. The van der Waals surface area contributed by atoms with Crippen LogP contribution in [0.3, 0.4) is 0 Å². The molecule has 1 heterocycles. The number of hydrogen-bond donors (Lipinski definition) is 1. The summed E-state index contributed by atoms with van der Waals surface area (Å²) in [6.07, 6.45) is 2.63. The van der Waals surface area contributed by atoms with Gasteiger partial charge in [0.05, 0.1) is 0 Å². The van der Waals surface area contributed by atoms with Crippen LogP contribution in [0.4, 0.5) is 0 Å². The Morgan fingerprint density at radius 2 is 1.75 bits per heavy atom. The van der Waals surface area contributed by atoms with Crippen molar-refractivity contribution in [2.45, 2.75) is 31.8 Å². The van der Waals surface area contributed by atoms with E-state index < -0.39 is 0 Å². The lowest BCUT2D eigenvalue weighted by Gasteiger charge is -2.29. The lowest BCUT2D eigenvalue weighted by atomic mass is 10.0. The summed E-state index contributed by atoms with van der Waals surface area (Å²) in [5, 5.41) is 0. The van der Waals surface area contributed by atoms with Crippen molar-refractivity contribution in [1.29, 1.82) is 0 Å². The molecule has 0 aromatic heterocycles. The second-order valence-electron chi connectivity index (χ2n) is 4.56. The quantitative estimate of drug-likeness (QED) is 0.924. The van der Waals surface area contributed by atoms with Crippen molar-refractivity contribution in [3.8, 4) is 0 Å². The Kier molecular flexibility index (Phi) is 4.00. The zero-order chi connectivity index (χ0) is 11.5. The fourth-order valence-electron chi connectivity index (χ4n) is 2.34. The third kappa shape index (κ3) is 2.65. The molecule has 0 saturated carbocycles. The van der Waals surface area contributed by atoms with Crippen LogP contribution in [0.15, 0.2) is 28.7 Å². The maximum Gasteiger partial charge on any atom is 0.0450 e. The molecule has 2 nitrogen and oxygen atoms in total. The van der Waals surface area contributed by atoms with Gasteiger partial charge in [-0.25, -0.2) is 0 Å². The van der Waals surface area contributed by atoms with Gasteiger partial charge in [0, 0.05) is 16.6 Å². The second kappa shape index (κ2) is 5.30. The van der Waals surface area contributed by atoms with Crippen LogP contribution in [0.5, 0.6) is 0 Å². The standard InChI is InChI=1S/C13H19BrN2/c1-10(16-8-2-3-9-16)13(15)11-4-6-12(14)7-5-11/h4-7,10,13H,2-3,8-9,15H2,1H3. The van der Waals surface area contributed by atoms with Crippen LogP contribution in [-0.2, 0) is 0 Å². The summed E-state index contributed by atoms with van der Waals surface area (Å²) in [5.74, 6) is 0. The molecule has 2 atom stereocenters. The molecule has 1 aromatic carbocycles. The van der Waals surface area contributed by atoms with Crippen molar-refractivity contribution in [2.75, 3.05) is 13.1 Å². The number of nitrogens with two attached hydrogens (primary N) is 1. The molecule has 2 unspecified atom stereocenters. The Morgan fingerprint density at radius 1 is 1.19 bits per heavy atom. The van der Waals surface area contributed by atoms with E-state index in [2.05, 4.69) is 52.0 Å². The summed E-state index contributed by atoms with van der Waals surface area (Å²) >= 11 is 3.45. The first-order valence-corrected chi connectivity index (χ1v) is 6.73. The molecular formula is C13H19BrN2. The Hall–Kier alpha value is -0.380. The van der Waals surface area contributed by atoms with E-state index in [-0.39, 0.29) is 6.04 Å². The van der Waals surface area contributed by atoms with Crippen LogP contribution in [-0.4, -0.2) is 24.0 Å². The number of likely N-dealkylation sites (tertiary alicyclic amines) is 1. The first kappa shape index (κ1) is 12.1. The average Bonchev–Trinajstić information content (AvgIpc) is 2.81. The number of halogens is 1. The molecular weight excluding hydrogens is 264 g/mol. The van der Waals surface area contributed by atoms with Gasteiger partial charge in [0.2, 0.25) is 0 Å². The van der Waals surface area contributed by atoms with Gasteiger partial charge in [0.25, 0.3) is 0 Å². The van der Waals surface area contributed by atoms with Crippen LogP contribution in [0, 0.1) is 0 Å². The molecule has 0 aliphatic carbocycles. The van der Waals surface area contributed by atoms with Crippen LogP contribution in [0.25, 0.3) is 0 Å². The topological polar surface area (TPSA) is 29.3 Å². The predicted molar refractivity (Wildman–Crippen MR) is 71.3 cm³/mol. The van der Waals surface area contributed by atoms with Gasteiger partial charge >= 0.3 is 0 Å². The largest absolute Gasteiger partial charge is 0.323 e. The van der Waals surface area contributed by atoms with Gasteiger partial charge in [-0.1, -0.05) is 28.1 Å². The van der Waals surface area contributed by atoms with Crippen molar-refractivity contribution >= 4 is 15.9 Å². The van der Waals surface area contributed by atoms with Crippen LogP contribution in [0.2, 0.25) is 0 Å². The van der Waals surface area contributed by atoms with E-state index >= 15 is 0 Å². The molecule has 0 radical (unpaired) electrons. The van der Waals surface area contributed by atoms with E-state index in [1.165, 1.54) is 31.5 Å².